The number of Topliss-reactive ketones (excluding diaryl/α,β-unsaturated/α-hetero) is 2. The van der Waals surface area contributed by atoms with E-state index < -0.39 is 24.0 Å². The molecule has 0 aliphatic rings. The molecule has 0 aliphatic heterocycles. The van der Waals surface area contributed by atoms with Crippen LogP contribution in [0.2, 0.25) is 0 Å². The summed E-state index contributed by atoms with van der Waals surface area (Å²) in [5.41, 5.74) is 1.39. The zero-order valence-electron chi connectivity index (χ0n) is 9.86. The number of hydrogen-bond acceptors (Lipinski definition) is 4. The molecule has 0 bridgehead atoms. The second-order valence-corrected chi connectivity index (χ2v) is 3.56. The van der Waals surface area contributed by atoms with E-state index in [0.29, 0.717) is 5.56 Å². The molecule has 4 heteroatoms. The van der Waals surface area contributed by atoms with Crippen molar-refractivity contribution in [1.29, 1.82) is 0 Å². The first-order valence-corrected chi connectivity index (χ1v) is 5.31. The average molecular weight is 234 g/mol. The summed E-state index contributed by atoms with van der Waals surface area (Å²) in [4.78, 5) is 33.9. The zero-order chi connectivity index (χ0) is 12.8. The van der Waals surface area contributed by atoms with Crippen LogP contribution in [0.5, 0.6) is 0 Å². The predicted octanol–water partition coefficient (Wildman–Crippen LogP) is 1.56. The van der Waals surface area contributed by atoms with Crippen molar-refractivity contribution >= 4 is 17.5 Å². The minimum atomic E-state index is -0.749. The van der Waals surface area contributed by atoms with E-state index in [-0.39, 0.29) is 0 Å². The van der Waals surface area contributed by atoms with Gasteiger partial charge < -0.3 is 4.74 Å². The highest BCUT2D eigenvalue weighted by Crippen LogP contribution is 2.07. The van der Waals surface area contributed by atoms with Crippen LogP contribution in [0.3, 0.4) is 0 Å². The molecule has 0 radical (unpaired) electrons. The van der Waals surface area contributed by atoms with Crippen LogP contribution in [0.1, 0.15) is 29.3 Å². The first-order chi connectivity index (χ1) is 8.08. The number of carbonyl (C=O) groups is 3. The lowest BCUT2D eigenvalue weighted by atomic mass is 10.0. The fourth-order valence-electron chi connectivity index (χ4n) is 1.34. The number of ketones is 2. The Bertz CT molecular complexity index is 431. The van der Waals surface area contributed by atoms with Crippen molar-refractivity contribution in [3.05, 3.63) is 35.4 Å². The lowest BCUT2D eigenvalue weighted by molar-refractivity contribution is -0.142. The second-order valence-electron chi connectivity index (χ2n) is 3.56. The molecule has 1 aromatic rings. The molecule has 0 heterocycles. The third kappa shape index (κ3) is 3.52. The summed E-state index contributed by atoms with van der Waals surface area (Å²) in [6.45, 7) is 2.00. The Hall–Kier alpha value is -1.97. The minimum absolute atomic E-state index is 0.302. The van der Waals surface area contributed by atoms with Gasteiger partial charge in [0.25, 0.3) is 0 Å². The van der Waals surface area contributed by atoms with Gasteiger partial charge in [0, 0.05) is 5.56 Å². The Labute approximate surface area is 99.6 Å². The summed E-state index contributed by atoms with van der Waals surface area (Å²) in [6, 6.07) is 6.77. The summed E-state index contributed by atoms with van der Waals surface area (Å²) in [6.07, 6.45) is 0.357. The van der Waals surface area contributed by atoms with Gasteiger partial charge in [0.15, 0.2) is 0 Å². The average Bonchev–Trinajstić information content (AvgIpc) is 2.37. The van der Waals surface area contributed by atoms with Gasteiger partial charge in [0.1, 0.15) is 6.42 Å². The van der Waals surface area contributed by atoms with E-state index in [0.717, 1.165) is 12.0 Å². The van der Waals surface area contributed by atoms with Gasteiger partial charge >= 0.3 is 5.97 Å². The van der Waals surface area contributed by atoms with Crippen LogP contribution in [0.15, 0.2) is 24.3 Å². The maximum Gasteiger partial charge on any atom is 0.313 e. The molecule has 1 aromatic carbocycles. The van der Waals surface area contributed by atoms with E-state index in [9.17, 15) is 14.4 Å². The van der Waals surface area contributed by atoms with Crippen molar-refractivity contribution in [2.75, 3.05) is 7.11 Å². The van der Waals surface area contributed by atoms with Crippen molar-refractivity contribution in [3.8, 4) is 0 Å². The van der Waals surface area contributed by atoms with E-state index in [4.69, 9.17) is 0 Å². The Morgan fingerprint density at radius 3 is 2.18 bits per heavy atom. The Morgan fingerprint density at radius 2 is 1.71 bits per heavy atom. The largest absolute Gasteiger partial charge is 0.469 e. The summed E-state index contributed by atoms with van der Waals surface area (Å²) < 4.78 is 4.33. The number of aryl methyl sites for hydroxylation is 1. The number of methoxy groups -OCH3 is 1. The summed E-state index contributed by atoms with van der Waals surface area (Å²) in [5.74, 6) is -2.10. The van der Waals surface area contributed by atoms with Crippen molar-refractivity contribution in [2.24, 2.45) is 0 Å². The van der Waals surface area contributed by atoms with Crippen LogP contribution in [0.25, 0.3) is 0 Å². The summed E-state index contributed by atoms with van der Waals surface area (Å²) in [5, 5.41) is 0. The van der Waals surface area contributed by atoms with Gasteiger partial charge in [-0.05, 0) is 12.0 Å². The highest BCUT2D eigenvalue weighted by molar-refractivity contribution is 6.45. The van der Waals surface area contributed by atoms with Crippen LogP contribution in [-0.2, 0) is 20.7 Å². The van der Waals surface area contributed by atoms with Gasteiger partial charge in [-0.1, -0.05) is 31.2 Å². The van der Waals surface area contributed by atoms with Crippen molar-refractivity contribution < 1.29 is 19.1 Å². The van der Waals surface area contributed by atoms with Gasteiger partial charge in [-0.2, -0.15) is 0 Å². The number of hydrogen-bond donors (Lipinski definition) is 0. The first-order valence-electron chi connectivity index (χ1n) is 5.31. The Balaban J connectivity index is 2.74. The molecule has 0 aromatic heterocycles. The van der Waals surface area contributed by atoms with E-state index in [2.05, 4.69) is 4.74 Å². The molecule has 0 fully saturated rings. The number of carbonyl (C=O) groups excluding carboxylic acids is 3. The maximum absolute atomic E-state index is 11.6. The highest BCUT2D eigenvalue weighted by Gasteiger charge is 2.19. The zero-order valence-corrected chi connectivity index (χ0v) is 9.86. The molecular formula is C13H14O4. The SMILES string of the molecule is CCc1ccc(C(=O)C(=O)CC(=O)OC)cc1. The number of ether oxygens (including phenoxy) is 1. The molecular weight excluding hydrogens is 220 g/mol. The molecule has 0 amide bonds. The third-order valence-corrected chi connectivity index (χ3v) is 2.41. The van der Waals surface area contributed by atoms with Crippen molar-refractivity contribution in [3.63, 3.8) is 0 Å². The van der Waals surface area contributed by atoms with Crippen LogP contribution in [0, 0.1) is 0 Å². The Morgan fingerprint density at radius 1 is 1.12 bits per heavy atom. The fourth-order valence-corrected chi connectivity index (χ4v) is 1.34. The number of esters is 1. The van der Waals surface area contributed by atoms with Gasteiger partial charge in [-0.15, -0.1) is 0 Å². The monoisotopic (exact) mass is 234 g/mol. The molecule has 0 unspecified atom stereocenters. The molecule has 1 rings (SSSR count). The standard InChI is InChI=1S/C13H14O4/c1-3-9-4-6-10(7-5-9)13(16)11(14)8-12(15)17-2/h4-7H,3,8H2,1-2H3. The van der Waals surface area contributed by atoms with Crippen LogP contribution >= 0.6 is 0 Å². The molecule has 90 valence electrons. The van der Waals surface area contributed by atoms with Gasteiger partial charge in [-0.25, -0.2) is 0 Å². The second kappa shape index (κ2) is 5.94. The maximum atomic E-state index is 11.6. The van der Waals surface area contributed by atoms with E-state index in [1.165, 1.54) is 7.11 Å². The predicted molar refractivity (Wildman–Crippen MR) is 61.8 cm³/mol. The molecule has 0 saturated heterocycles. The quantitative estimate of drug-likeness (QED) is 0.336. The minimum Gasteiger partial charge on any atom is -0.469 e. The van der Waals surface area contributed by atoms with Crippen LogP contribution in [0.4, 0.5) is 0 Å². The first kappa shape index (κ1) is 13.1. The third-order valence-electron chi connectivity index (χ3n) is 2.41. The topological polar surface area (TPSA) is 60.4 Å². The van der Waals surface area contributed by atoms with Gasteiger partial charge in [0.2, 0.25) is 11.6 Å². The van der Waals surface area contributed by atoms with Gasteiger partial charge in [-0.3, -0.25) is 14.4 Å². The molecule has 4 nitrogen and oxygen atoms in total. The molecule has 0 N–H and O–H groups in total. The van der Waals surface area contributed by atoms with E-state index in [1.54, 1.807) is 24.3 Å². The van der Waals surface area contributed by atoms with E-state index in [1.807, 2.05) is 6.92 Å². The van der Waals surface area contributed by atoms with Gasteiger partial charge in [0.05, 0.1) is 7.11 Å². The molecule has 0 aliphatic carbocycles. The lowest BCUT2D eigenvalue weighted by Crippen LogP contribution is -2.18. The number of rotatable bonds is 5. The smallest absolute Gasteiger partial charge is 0.313 e. The molecule has 17 heavy (non-hydrogen) atoms. The Kier molecular flexibility index (Phi) is 4.57. The van der Waals surface area contributed by atoms with Crippen molar-refractivity contribution in [2.45, 2.75) is 19.8 Å². The normalized spacial score (nSPS) is 9.76. The number of benzene rings is 1. The van der Waals surface area contributed by atoms with Crippen molar-refractivity contribution in [1.82, 2.24) is 0 Å². The van der Waals surface area contributed by atoms with E-state index >= 15 is 0 Å². The lowest BCUT2D eigenvalue weighted by Gasteiger charge is -2.01. The highest BCUT2D eigenvalue weighted by atomic mass is 16.5. The molecule has 0 spiro atoms. The molecule has 0 atom stereocenters. The van der Waals surface area contributed by atoms with Crippen LogP contribution < -0.4 is 0 Å². The summed E-state index contributed by atoms with van der Waals surface area (Å²) >= 11 is 0. The van der Waals surface area contributed by atoms with Crippen LogP contribution in [-0.4, -0.2) is 24.6 Å². The fraction of sp³-hybridized carbons (Fsp3) is 0.308. The molecule has 0 saturated carbocycles. The summed E-state index contributed by atoms with van der Waals surface area (Å²) in [7, 11) is 1.18.